The number of hydrogen-bond donors (Lipinski definition) is 2. The van der Waals surface area contributed by atoms with Crippen LogP contribution in [0.25, 0.3) is 0 Å². The summed E-state index contributed by atoms with van der Waals surface area (Å²) in [5, 5.41) is 6.18. The van der Waals surface area contributed by atoms with E-state index in [1.807, 2.05) is 4.90 Å². The van der Waals surface area contributed by atoms with Gasteiger partial charge in [-0.3, -0.25) is 0 Å². The molecule has 0 aromatic heterocycles. The van der Waals surface area contributed by atoms with Gasteiger partial charge in [-0.15, -0.1) is 6.58 Å². The van der Waals surface area contributed by atoms with E-state index in [9.17, 15) is 4.79 Å². The van der Waals surface area contributed by atoms with Gasteiger partial charge >= 0.3 is 6.03 Å². The third kappa shape index (κ3) is 3.85. The van der Waals surface area contributed by atoms with Crippen LogP contribution in [0.15, 0.2) is 12.7 Å². The zero-order valence-electron chi connectivity index (χ0n) is 10.2. The number of nitrogens with zero attached hydrogens (tertiary/aromatic N) is 1. The van der Waals surface area contributed by atoms with Gasteiger partial charge in [0.2, 0.25) is 0 Å². The molecular weight excluding hydrogens is 202 g/mol. The molecule has 1 rings (SSSR count). The summed E-state index contributed by atoms with van der Waals surface area (Å²) in [5.41, 5.74) is 0. The second-order valence-corrected chi connectivity index (χ2v) is 4.15. The molecule has 1 aliphatic rings. The summed E-state index contributed by atoms with van der Waals surface area (Å²) in [6, 6.07) is 0.444. The molecule has 0 radical (unpaired) electrons. The number of rotatable bonds is 5. The van der Waals surface area contributed by atoms with E-state index in [0.717, 1.165) is 38.9 Å². The number of nitrogens with one attached hydrogen (secondary N) is 2. The fraction of sp³-hybridized carbons (Fsp3) is 0.750. The first-order chi connectivity index (χ1) is 7.79. The van der Waals surface area contributed by atoms with Crippen LogP contribution in [0, 0.1) is 0 Å². The number of urea groups is 1. The Morgan fingerprint density at radius 3 is 2.81 bits per heavy atom. The largest absolute Gasteiger partial charge is 0.335 e. The van der Waals surface area contributed by atoms with Crippen LogP contribution in [0.4, 0.5) is 4.79 Å². The fourth-order valence-corrected chi connectivity index (χ4v) is 2.07. The highest BCUT2D eigenvalue weighted by Crippen LogP contribution is 2.12. The van der Waals surface area contributed by atoms with E-state index in [4.69, 9.17) is 0 Å². The van der Waals surface area contributed by atoms with Gasteiger partial charge in [-0.1, -0.05) is 13.0 Å². The highest BCUT2D eigenvalue weighted by Gasteiger charge is 2.23. The van der Waals surface area contributed by atoms with E-state index >= 15 is 0 Å². The summed E-state index contributed by atoms with van der Waals surface area (Å²) < 4.78 is 0. The molecule has 0 aromatic carbocycles. The van der Waals surface area contributed by atoms with Crippen LogP contribution in [0.1, 0.15) is 26.2 Å². The minimum Gasteiger partial charge on any atom is -0.335 e. The lowest BCUT2D eigenvalue weighted by molar-refractivity contribution is 0.160. The van der Waals surface area contributed by atoms with Crippen molar-refractivity contribution in [1.29, 1.82) is 0 Å². The summed E-state index contributed by atoms with van der Waals surface area (Å²) in [5.74, 6) is 0. The van der Waals surface area contributed by atoms with Gasteiger partial charge in [-0.2, -0.15) is 0 Å². The quantitative estimate of drug-likeness (QED) is 0.694. The maximum absolute atomic E-state index is 11.9. The second-order valence-electron chi connectivity index (χ2n) is 4.15. The van der Waals surface area contributed by atoms with Crippen LogP contribution >= 0.6 is 0 Å². The van der Waals surface area contributed by atoms with Crippen molar-refractivity contribution in [3.05, 3.63) is 12.7 Å². The molecule has 1 fully saturated rings. The van der Waals surface area contributed by atoms with Crippen molar-refractivity contribution >= 4 is 6.03 Å². The van der Waals surface area contributed by atoms with Gasteiger partial charge in [-0.25, -0.2) is 4.79 Å². The van der Waals surface area contributed by atoms with Crippen molar-refractivity contribution in [2.24, 2.45) is 0 Å². The molecule has 1 heterocycles. The van der Waals surface area contributed by atoms with E-state index in [1.54, 1.807) is 6.08 Å². The Bertz CT molecular complexity index is 224. The highest BCUT2D eigenvalue weighted by molar-refractivity contribution is 5.74. The van der Waals surface area contributed by atoms with Gasteiger partial charge in [0.05, 0.1) is 0 Å². The molecule has 0 bridgehead atoms. The molecule has 2 N–H and O–H groups in total. The first-order valence-electron chi connectivity index (χ1n) is 6.15. The van der Waals surface area contributed by atoms with Crippen LogP contribution in [0.5, 0.6) is 0 Å². The summed E-state index contributed by atoms with van der Waals surface area (Å²) in [6.45, 7) is 9.13. The number of carbonyl (C=O) groups is 1. The monoisotopic (exact) mass is 225 g/mol. The van der Waals surface area contributed by atoms with Gasteiger partial charge in [0.1, 0.15) is 0 Å². The van der Waals surface area contributed by atoms with Crippen LogP contribution in [-0.2, 0) is 0 Å². The third-order valence-electron chi connectivity index (χ3n) is 2.87. The van der Waals surface area contributed by atoms with Crippen LogP contribution in [-0.4, -0.2) is 43.2 Å². The van der Waals surface area contributed by atoms with E-state index in [0.29, 0.717) is 12.6 Å². The van der Waals surface area contributed by atoms with Crippen molar-refractivity contribution in [2.45, 2.75) is 32.2 Å². The van der Waals surface area contributed by atoms with Gasteiger partial charge in [0.15, 0.2) is 0 Å². The van der Waals surface area contributed by atoms with E-state index < -0.39 is 0 Å². The van der Waals surface area contributed by atoms with Crippen LogP contribution in [0.3, 0.4) is 0 Å². The molecule has 92 valence electrons. The molecule has 0 atom stereocenters. The Morgan fingerprint density at radius 2 is 2.25 bits per heavy atom. The van der Waals surface area contributed by atoms with Crippen molar-refractivity contribution in [1.82, 2.24) is 15.5 Å². The van der Waals surface area contributed by atoms with E-state index in [1.165, 1.54) is 0 Å². The predicted octanol–water partition coefficient (Wildman–Crippen LogP) is 1.35. The Labute approximate surface area is 98.1 Å². The Morgan fingerprint density at radius 1 is 1.56 bits per heavy atom. The van der Waals surface area contributed by atoms with Crippen LogP contribution in [0.2, 0.25) is 0 Å². The van der Waals surface area contributed by atoms with Gasteiger partial charge in [-0.05, 0) is 32.4 Å². The first kappa shape index (κ1) is 13.0. The zero-order valence-corrected chi connectivity index (χ0v) is 10.2. The summed E-state index contributed by atoms with van der Waals surface area (Å²) >= 11 is 0. The molecule has 4 nitrogen and oxygen atoms in total. The Kier molecular flexibility index (Phi) is 5.93. The lowest BCUT2D eigenvalue weighted by atomic mass is 10.0. The summed E-state index contributed by atoms with van der Waals surface area (Å²) in [6.07, 6.45) is 4.83. The van der Waals surface area contributed by atoms with Crippen molar-refractivity contribution < 1.29 is 4.79 Å². The minimum atomic E-state index is 0.0497. The molecule has 0 unspecified atom stereocenters. The Balaban J connectivity index is 2.50. The first-order valence-corrected chi connectivity index (χ1v) is 6.15. The van der Waals surface area contributed by atoms with Gasteiger partial charge < -0.3 is 15.5 Å². The fourth-order valence-electron chi connectivity index (χ4n) is 2.07. The number of hydrogen-bond acceptors (Lipinski definition) is 2. The molecule has 0 saturated carbocycles. The molecule has 2 amide bonds. The van der Waals surface area contributed by atoms with E-state index in [-0.39, 0.29) is 6.03 Å². The third-order valence-corrected chi connectivity index (χ3v) is 2.87. The zero-order chi connectivity index (χ0) is 11.8. The number of piperidine rings is 1. The number of carbonyl (C=O) groups excluding carboxylic acids is 1. The molecular formula is C12H23N3O. The lowest BCUT2D eigenvalue weighted by Crippen LogP contribution is -2.50. The van der Waals surface area contributed by atoms with Crippen molar-refractivity contribution in [2.75, 3.05) is 26.2 Å². The second kappa shape index (κ2) is 7.28. The van der Waals surface area contributed by atoms with E-state index in [2.05, 4.69) is 24.1 Å². The SMILES string of the molecule is C=CCNC(=O)N(CCC)C1CCNCC1. The smallest absolute Gasteiger partial charge is 0.317 e. The number of amides is 2. The van der Waals surface area contributed by atoms with Crippen LogP contribution < -0.4 is 10.6 Å². The average Bonchev–Trinajstić information content (AvgIpc) is 2.34. The molecule has 0 aromatic rings. The van der Waals surface area contributed by atoms with Crippen molar-refractivity contribution in [3.63, 3.8) is 0 Å². The topological polar surface area (TPSA) is 44.4 Å². The summed E-state index contributed by atoms with van der Waals surface area (Å²) in [7, 11) is 0. The van der Waals surface area contributed by atoms with Gasteiger partial charge in [0, 0.05) is 19.1 Å². The predicted molar refractivity (Wildman–Crippen MR) is 66.5 cm³/mol. The molecule has 4 heteroatoms. The Hall–Kier alpha value is -1.03. The molecule has 16 heavy (non-hydrogen) atoms. The molecule has 1 aliphatic heterocycles. The maximum atomic E-state index is 11.9. The van der Waals surface area contributed by atoms with Crippen molar-refractivity contribution in [3.8, 4) is 0 Å². The maximum Gasteiger partial charge on any atom is 0.317 e. The molecule has 0 spiro atoms. The minimum absolute atomic E-state index is 0.0497. The molecule has 1 saturated heterocycles. The standard InChI is InChI=1S/C12H23N3O/c1-3-7-14-12(16)15(10-4-2)11-5-8-13-9-6-11/h3,11,13H,1,4-10H2,2H3,(H,14,16). The molecule has 0 aliphatic carbocycles. The average molecular weight is 225 g/mol. The highest BCUT2D eigenvalue weighted by atomic mass is 16.2. The lowest BCUT2D eigenvalue weighted by Gasteiger charge is -2.34. The normalized spacial score (nSPS) is 16.8. The van der Waals surface area contributed by atoms with Gasteiger partial charge in [0.25, 0.3) is 0 Å². The summed E-state index contributed by atoms with van der Waals surface area (Å²) in [4.78, 5) is 13.9.